The molecule has 1 heterocycles. The van der Waals surface area contributed by atoms with Crippen LogP contribution in [0.2, 0.25) is 0 Å². The summed E-state index contributed by atoms with van der Waals surface area (Å²) in [5, 5.41) is 52.3. The summed E-state index contributed by atoms with van der Waals surface area (Å²) in [6.07, 6.45) is 3.50. The molecule has 5 rings (SSSR count). The van der Waals surface area contributed by atoms with E-state index in [9.17, 15) is 35.0 Å². The number of carbonyl (C=O) groups is 2. The molecule has 1 saturated heterocycles. The van der Waals surface area contributed by atoms with E-state index in [1.54, 1.807) is 18.2 Å². The van der Waals surface area contributed by atoms with E-state index in [1.807, 2.05) is 49.4 Å². The van der Waals surface area contributed by atoms with Crippen LogP contribution in [0, 0.1) is 21.3 Å². The first-order valence-corrected chi connectivity index (χ1v) is 16.8. The molecule has 11 heteroatoms. The molecule has 5 N–H and O–H groups in total. The van der Waals surface area contributed by atoms with E-state index in [1.165, 1.54) is 19.2 Å². The first-order chi connectivity index (χ1) is 22.6. The topological polar surface area (TPSA) is 148 Å². The Morgan fingerprint density at radius 2 is 1.83 bits per heavy atom. The molecule has 9 nitrogen and oxygen atoms in total. The fourth-order valence-corrected chi connectivity index (χ4v) is 7.64. The number of benzene rings is 3. The van der Waals surface area contributed by atoms with Crippen molar-refractivity contribution in [1.82, 2.24) is 0 Å². The van der Waals surface area contributed by atoms with Crippen LogP contribution >= 0.6 is 22.6 Å². The Bertz CT molecular complexity index is 1690. The standard InChI is InChI=1S/C36H39BINO8/c1-3-8-24-18-27-33(36(44)39(35(27)43)26-12-7-11-25(19-26)37(45)46)28(20-40)32(24)30(41)14-13-23(22-9-5-4-6-10-22)15-21-16-29(38)34(42)31(17-21)47-2/h4-7,9-12,15-17,19,27-28,30,33,40-42,45-46H,3,8,13-14,18,20H2,1-2H3/b23-15-/t27-,28+,30-,33-/m1/s1. The summed E-state index contributed by atoms with van der Waals surface area (Å²) in [6, 6.07) is 19.4. The second-order valence-electron chi connectivity index (χ2n) is 12.1. The summed E-state index contributed by atoms with van der Waals surface area (Å²) >= 11 is 2.06. The number of allylic oxidation sites excluding steroid dienone is 2. The van der Waals surface area contributed by atoms with E-state index >= 15 is 0 Å². The number of halogens is 1. The zero-order valence-corrected chi connectivity index (χ0v) is 28.5. The monoisotopic (exact) mass is 751 g/mol. The third kappa shape index (κ3) is 7.19. The number of methoxy groups -OCH3 is 1. The number of nitrogens with zero attached hydrogens (tertiary/aromatic N) is 1. The summed E-state index contributed by atoms with van der Waals surface area (Å²) < 4.78 is 6.00. The van der Waals surface area contributed by atoms with Crippen LogP contribution < -0.4 is 15.1 Å². The molecule has 1 aliphatic carbocycles. The smallest absolute Gasteiger partial charge is 0.488 e. The lowest BCUT2D eigenvalue weighted by Crippen LogP contribution is -2.39. The van der Waals surface area contributed by atoms with Gasteiger partial charge in [0.05, 0.1) is 40.9 Å². The summed E-state index contributed by atoms with van der Waals surface area (Å²) in [4.78, 5) is 28.7. The quantitative estimate of drug-likeness (QED) is 0.0607. The molecule has 3 aromatic carbocycles. The van der Waals surface area contributed by atoms with Crippen molar-refractivity contribution in [2.75, 3.05) is 18.6 Å². The number of phenols is 1. The van der Waals surface area contributed by atoms with Crippen LogP contribution in [0.4, 0.5) is 5.69 Å². The number of fused-ring (bicyclic) bond motifs is 1. The number of hydrogen-bond acceptors (Lipinski definition) is 8. The lowest BCUT2D eigenvalue weighted by Gasteiger charge is -2.36. The number of hydrogen-bond donors (Lipinski definition) is 5. The molecular weight excluding hydrogens is 712 g/mol. The number of ether oxygens (including phenoxy) is 1. The average Bonchev–Trinajstić information content (AvgIpc) is 3.32. The van der Waals surface area contributed by atoms with Gasteiger partial charge in [-0.2, -0.15) is 0 Å². The minimum Gasteiger partial charge on any atom is -0.504 e. The number of anilines is 1. The van der Waals surface area contributed by atoms with Gasteiger partial charge >= 0.3 is 7.12 Å². The zero-order chi connectivity index (χ0) is 33.8. The minimum absolute atomic E-state index is 0.0696. The largest absolute Gasteiger partial charge is 0.504 e. The third-order valence-corrected chi connectivity index (χ3v) is 9.98. The molecule has 0 aromatic heterocycles. The van der Waals surface area contributed by atoms with Crippen molar-refractivity contribution in [3.05, 3.63) is 92.6 Å². The van der Waals surface area contributed by atoms with Crippen molar-refractivity contribution in [2.45, 2.75) is 45.1 Å². The predicted molar refractivity (Wildman–Crippen MR) is 190 cm³/mol. The molecule has 0 saturated carbocycles. The van der Waals surface area contributed by atoms with Crippen molar-refractivity contribution < 1.29 is 39.7 Å². The van der Waals surface area contributed by atoms with Gasteiger partial charge in [0.1, 0.15) is 0 Å². The van der Waals surface area contributed by atoms with E-state index in [0.717, 1.165) is 33.6 Å². The number of aliphatic hydroxyl groups excluding tert-OH is 2. The molecule has 47 heavy (non-hydrogen) atoms. The number of carbonyl (C=O) groups excluding carboxylic acids is 2. The predicted octanol–water partition coefficient (Wildman–Crippen LogP) is 4.28. The molecule has 2 aliphatic rings. The maximum Gasteiger partial charge on any atom is 0.488 e. The molecule has 1 aliphatic heterocycles. The first-order valence-electron chi connectivity index (χ1n) is 15.8. The molecule has 3 aromatic rings. The van der Waals surface area contributed by atoms with Crippen LogP contribution in [0.3, 0.4) is 0 Å². The Morgan fingerprint density at radius 1 is 1.09 bits per heavy atom. The molecule has 0 spiro atoms. The number of aromatic hydroxyl groups is 1. The van der Waals surface area contributed by atoms with Gasteiger partial charge in [-0.25, -0.2) is 0 Å². The van der Waals surface area contributed by atoms with Crippen molar-refractivity contribution in [2.24, 2.45) is 17.8 Å². The summed E-state index contributed by atoms with van der Waals surface area (Å²) in [5.74, 6) is -2.71. The summed E-state index contributed by atoms with van der Waals surface area (Å²) in [5.41, 5.74) is 4.66. The molecule has 4 atom stereocenters. The van der Waals surface area contributed by atoms with Gasteiger partial charge in [-0.15, -0.1) is 0 Å². The van der Waals surface area contributed by atoms with Crippen LogP contribution in [-0.2, 0) is 9.59 Å². The number of aliphatic hydroxyl groups is 2. The average molecular weight is 751 g/mol. The van der Waals surface area contributed by atoms with E-state index in [0.29, 0.717) is 40.6 Å². The summed E-state index contributed by atoms with van der Waals surface area (Å²) in [6.45, 7) is 1.61. The number of amides is 2. The highest BCUT2D eigenvalue weighted by molar-refractivity contribution is 14.1. The minimum atomic E-state index is -1.76. The SMILES string of the molecule is CCCC1=C([C@H](O)CC/C(=C/c2cc(I)c(O)c(OC)c2)c2ccccc2)[C@H](CO)[C@@H]2C(=O)N(c3cccc(B(O)O)c3)C(=O)[C@@H]2C1. The second-order valence-corrected chi connectivity index (χ2v) is 13.2. The van der Waals surface area contributed by atoms with Gasteiger partial charge in [-0.05, 0) is 100 Å². The van der Waals surface area contributed by atoms with Gasteiger partial charge in [-0.1, -0.05) is 67.5 Å². The van der Waals surface area contributed by atoms with Crippen LogP contribution in [0.25, 0.3) is 11.6 Å². The fraction of sp³-hybridized carbons (Fsp3) is 0.333. The molecule has 1 fully saturated rings. The lowest BCUT2D eigenvalue weighted by molar-refractivity contribution is -0.123. The van der Waals surface area contributed by atoms with Crippen molar-refractivity contribution in [1.29, 1.82) is 0 Å². The van der Waals surface area contributed by atoms with Gasteiger partial charge in [0.15, 0.2) is 11.5 Å². The van der Waals surface area contributed by atoms with Crippen LogP contribution in [-0.4, -0.2) is 64.1 Å². The van der Waals surface area contributed by atoms with Gasteiger partial charge in [0.2, 0.25) is 11.8 Å². The Balaban J connectivity index is 1.46. The Labute approximate surface area is 288 Å². The third-order valence-electron chi connectivity index (χ3n) is 9.16. The van der Waals surface area contributed by atoms with Gasteiger partial charge in [0, 0.05) is 5.92 Å². The number of phenolic OH excluding ortho intramolecular Hbond substituents is 1. The highest BCUT2D eigenvalue weighted by atomic mass is 127. The van der Waals surface area contributed by atoms with Crippen LogP contribution in [0.1, 0.15) is 50.2 Å². The van der Waals surface area contributed by atoms with Gasteiger partial charge in [0.25, 0.3) is 0 Å². The number of imide groups is 1. The molecule has 246 valence electrons. The van der Waals surface area contributed by atoms with Crippen molar-refractivity contribution in [3.63, 3.8) is 0 Å². The van der Waals surface area contributed by atoms with Crippen molar-refractivity contribution in [3.8, 4) is 11.5 Å². The van der Waals surface area contributed by atoms with E-state index in [-0.39, 0.29) is 16.9 Å². The van der Waals surface area contributed by atoms with Crippen LogP contribution in [0.15, 0.2) is 77.9 Å². The van der Waals surface area contributed by atoms with Gasteiger partial charge in [-0.3, -0.25) is 14.5 Å². The number of rotatable bonds is 12. The molecule has 0 radical (unpaired) electrons. The molecule has 0 unspecified atom stereocenters. The molecular formula is C36H39BINO8. The lowest BCUT2D eigenvalue weighted by atomic mass is 9.67. The zero-order valence-electron chi connectivity index (χ0n) is 26.3. The Hall–Kier alpha value is -3.49. The molecule has 2 amide bonds. The maximum absolute atomic E-state index is 13.9. The normalized spacial score (nSPS) is 20.4. The summed E-state index contributed by atoms with van der Waals surface area (Å²) in [7, 11) is -0.260. The van der Waals surface area contributed by atoms with E-state index in [4.69, 9.17) is 4.74 Å². The molecule has 0 bridgehead atoms. The van der Waals surface area contributed by atoms with E-state index < -0.39 is 49.4 Å². The van der Waals surface area contributed by atoms with Crippen LogP contribution in [0.5, 0.6) is 11.5 Å². The second kappa shape index (κ2) is 15.2. The Morgan fingerprint density at radius 3 is 2.49 bits per heavy atom. The highest BCUT2D eigenvalue weighted by Crippen LogP contribution is 2.48. The maximum atomic E-state index is 13.9. The Kier molecular flexibility index (Phi) is 11.2. The van der Waals surface area contributed by atoms with Crippen molar-refractivity contribution >= 4 is 64.3 Å². The van der Waals surface area contributed by atoms with E-state index in [2.05, 4.69) is 22.6 Å². The first kappa shape index (κ1) is 34.8. The van der Waals surface area contributed by atoms with Gasteiger partial charge < -0.3 is 30.1 Å². The highest BCUT2D eigenvalue weighted by Gasteiger charge is 2.55. The fourth-order valence-electron chi connectivity index (χ4n) is 7.01.